The molecule has 0 N–H and O–H groups in total. The van der Waals surface area contributed by atoms with Gasteiger partial charge >= 0.3 is 0 Å². The second-order valence-corrected chi connectivity index (χ2v) is 11.0. The van der Waals surface area contributed by atoms with E-state index in [1.807, 2.05) is 0 Å². The van der Waals surface area contributed by atoms with Crippen molar-refractivity contribution in [3.05, 3.63) is 154 Å². The van der Waals surface area contributed by atoms with Gasteiger partial charge in [-0.1, -0.05) is 72.8 Å². The largest absolute Gasteiger partial charge is 0.314 e. The Bertz CT molecular complexity index is 1590. The van der Waals surface area contributed by atoms with Crippen LogP contribution < -0.4 is 20.2 Å². The molecule has 0 saturated heterocycles. The third-order valence-electron chi connectivity index (χ3n) is 7.73. The average Bonchev–Trinajstić information content (AvgIpc) is 2.95. The van der Waals surface area contributed by atoms with E-state index in [0.29, 0.717) is 0 Å². The van der Waals surface area contributed by atoms with Crippen LogP contribution in [0.3, 0.4) is 0 Å². The molecule has 0 amide bonds. The average molecular weight is 521 g/mol. The lowest BCUT2D eigenvalue weighted by atomic mass is 9.97. The van der Waals surface area contributed by atoms with Crippen molar-refractivity contribution >= 4 is 34.1 Å². The fourth-order valence-electron chi connectivity index (χ4n) is 5.95. The first-order valence-electron chi connectivity index (χ1n) is 14.2. The van der Waals surface area contributed by atoms with E-state index in [-0.39, 0.29) is 0 Å². The first-order chi connectivity index (χ1) is 19.5. The van der Waals surface area contributed by atoms with Gasteiger partial charge in [0.05, 0.1) is 0 Å². The van der Waals surface area contributed by atoms with Crippen molar-refractivity contribution in [2.24, 2.45) is 0 Å². The summed E-state index contributed by atoms with van der Waals surface area (Å²) in [6.45, 7) is 8.69. The minimum absolute atomic E-state index is 0.933. The first kappa shape index (κ1) is 25.7. The highest BCUT2D eigenvalue weighted by atomic mass is 15.2. The molecule has 0 heterocycles. The lowest BCUT2D eigenvalue weighted by Crippen LogP contribution is -2.40. The molecular weight excluding hydrogens is 484 g/mol. The third kappa shape index (κ3) is 5.05. The Hall–Kier alpha value is -4.56. The number of rotatable bonds is 6. The quantitative estimate of drug-likeness (QED) is 0.221. The predicted octanol–water partition coefficient (Wildman–Crippen LogP) is 8.61. The molecule has 0 aliphatic heterocycles. The first-order valence-corrected chi connectivity index (χ1v) is 14.2. The highest BCUT2D eigenvalue weighted by Crippen LogP contribution is 2.38. The van der Waals surface area contributed by atoms with Crippen molar-refractivity contribution in [3.8, 4) is 0 Å². The van der Waals surface area contributed by atoms with Gasteiger partial charge in [0.1, 0.15) is 0 Å². The van der Waals surface area contributed by atoms with Crippen molar-refractivity contribution in [1.82, 2.24) is 0 Å². The van der Waals surface area contributed by atoms with E-state index in [0.717, 1.165) is 12.8 Å². The van der Waals surface area contributed by atoms with E-state index >= 15 is 0 Å². The van der Waals surface area contributed by atoms with Crippen LogP contribution in [-0.4, -0.2) is 0 Å². The van der Waals surface area contributed by atoms with E-state index in [1.54, 1.807) is 0 Å². The molecule has 1 aliphatic rings. The summed E-state index contributed by atoms with van der Waals surface area (Å²) >= 11 is 0. The Labute approximate surface area is 238 Å². The maximum absolute atomic E-state index is 2.47. The molecule has 0 aromatic heterocycles. The zero-order valence-electron chi connectivity index (χ0n) is 23.9. The molecule has 40 heavy (non-hydrogen) atoms. The van der Waals surface area contributed by atoms with Gasteiger partial charge in [-0.2, -0.15) is 0 Å². The summed E-state index contributed by atoms with van der Waals surface area (Å²) in [5, 5.41) is 2.58. The van der Waals surface area contributed by atoms with Gasteiger partial charge < -0.3 is 9.80 Å². The Morgan fingerprint density at radius 2 is 0.675 bits per heavy atom. The van der Waals surface area contributed by atoms with Gasteiger partial charge in [-0.25, -0.2) is 0 Å². The molecule has 5 aromatic carbocycles. The van der Waals surface area contributed by atoms with Gasteiger partial charge in [-0.3, -0.25) is 0 Å². The summed E-state index contributed by atoms with van der Waals surface area (Å²) in [6.07, 6.45) is 1.87. The van der Waals surface area contributed by atoms with Crippen LogP contribution in [0.4, 0.5) is 22.7 Å². The van der Waals surface area contributed by atoms with Crippen molar-refractivity contribution in [3.63, 3.8) is 0 Å². The third-order valence-corrected chi connectivity index (χ3v) is 7.73. The Morgan fingerprint density at radius 3 is 0.950 bits per heavy atom. The monoisotopic (exact) mass is 520 g/mol. The van der Waals surface area contributed by atoms with Crippen LogP contribution in [0.2, 0.25) is 0 Å². The molecule has 0 fully saturated rings. The van der Waals surface area contributed by atoms with Gasteiger partial charge in [-0.15, -0.1) is 0 Å². The molecule has 198 valence electrons. The van der Waals surface area contributed by atoms with E-state index in [9.17, 15) is 0 Å². The normalized spacial score (nSPS) is 12.7. The number of hydrogen-bond acceptors (Lipinski definition) is 2. The number of hydrogen-bond donors (Lipinski definition) is 0. The number of benzene rings is 5. The molecule has 5 aromatic rings. The Kier molecular flexibility index (Phi) is 7.00. The van der Waals surface area contributed by atoms with E-state index in [4.69, 9.17) is 0 Å². The maximum atomic E-state index is 2.47. The second kappa shape index (κ2) is 10.9. The highest BCUT2D eigenvalue weighted by molar-refractivity contribution is 5.86. The number of fused-ring (bicyclic) bond motifs is 1. The molecule has 1 aliphatic carbocycles. The minimum Gasteiger partial charge on any atom is -0.314 e. The van der Waals surface area contributed by atoms with Crippen LogP contribution >= 0.6 is 0 Å². The Morgan fingerprint density at radius 1 is 0.375 bits per heavy atom. The number of anilines is 4. The lowest BCUT2D eigenvalue weighted by Gasteiger charge is -2.34. The lowest BCUT2D eigenvalue weighted by molar-refractivity contribution is 0.968. The summed E-state index contributed by atoms with van der Waals surface area (Å²) in [5.41, 5.74) is 12.5. The van der Waals surface area contributed by atoms with Gasteiger partial charge in [0, 0.05) is 44.6 Å². The van der Waals surface area contributed by atoms with Crippen molar-refractivity contribution in [2.45, 2.75) is 40.5 Å². The summed E-state index contributed by atoms with van der Waals surface area (Å²) in [6, 6.07) is 44.4. The number of nitrogens with zero attached hydrogens (tertiary/aromatic N) is 2. The molecule has 2 nitrogen and oxygen atoms in total. The second-order valence-electron chi connectivity index (χ2n) is 11.0. The molecule has 0 unspecified atom stereocenters. The molecule has 0 saturated carbocycles. The maximum Gasteiger partial charge on any atom is 0.0461 e. The molecule has 0 atom stereocenters. The molecule has 0 radical (unpaired) electrons. The highest BCUT2D eigenvalue weighted by Gasteiger charge is 2.24. The van der Waals surface area contributed by atoms with E-state index in [2.05, 4.69) is 159 Å². The zero-order valence-corrected chi connectivity index (χ0v) is 23.9. The number of aryl methyl sites for hydroxylation is 4. The van der Waals surface area contributed by atoms with Gasteiger partial charge in [0.25, 0.3) is 0 Å². The standard InChI is InChI=1S/C38H36N2/c1-27-11-7-15-31(23-27)39(32-16-8-12-28(2)24-32)37-21-22-38(36-20-6-5-19-35(36)37)40(33-17-9-13-29(3)25-33)34-18-10-14-30(4)26-34/h5-20,23-26H,21-22H2,1-4H3. The van der Waals surface area contributed by atoms with Crippen molar-refractivity contribution in [2.75, 3.05) is 9.80 Å². The van der Waals surface area contributed by atoms with Gasteiger partial charge in [0.15, 0.2) is 0 Å². The molecular formula is C38H36N2. The zero-order chi connectivity index (χ0) is 27.6. The van der Waals surface area contributed by atoms with Crippen LogP contribution in [0.5, 0.6) is 0 Å². The fourth-order valence-corrected chi connectivity index (χ4v) is 5.95. The fraction of sp³-hybridized carbons (Fsp3) is 0.158. The van der Waals surface area contributed by atoms with Crippen molar-refractivity contribution in [1.29, 1.82) is 0 Å². The summed E-state index contributed by atoms with van der Waals surface area (Å²) in [7, 11) is 0. The van der Waals surface area contributed by atoms with Crippen LogP contribution in [0, 0.1) is 27.7 Å². The molecule has 0 spiro atoms. The van der Waals surface area contributed by atoms with Crippen LogP contribution in [0.15, 0.2) is 121 Å². The van der Waals surface area contributed by atoms with E-state index < -0.39 is 0 Å². The summed E-state index contributed by atoms with van der Waals surface area (Å²) in [4.78, 5) is 4.94. The van der Waals surface area contributed by atoms with Crippen molar-refractivity contribution < 1.29 is 0 Å². The SMILES string of the molecule is Cc1cccc(N(C2=c3ccccc3=C(N(c3cccc(C)c3)c3cccc(C)c3)CC2)c2cccc(C)c2)c1. The summed E-state index contributed by atoms with van der Waals surface area (Å²) in [5.74, 6) is 0. The molecule has 0 bridgehead atoms. The topological polar surface area (TPSA) is 6.48 Å². The molecule has 6 rings (SSSR count). The van der Waals surface area contributed by atoms with Gasteiger partial charge in [-0.05, 0) is 111 Å². The Balaban J connectivity index is 1.65. The van der Waals surface area contributed by atoms with Gasteiger partial charge in [0.2, 0.25) is 0 Å². The molecule has 2 heteroatoms. The summed E-state index contributed by atoms with van der Waals surface area (Å²) < 4.78 is 0. The van der Waals surface area contributed by atoms with Crippen LogP contribution in [-0.2, 0) is 0 Å². The van der Waals surface area contributed by atoms with E-state index in [1.165, 1.54) is 66.8 Å². The van der Waals surface area contributed by atoms with Crippen LogP contribution in [0.1, 0.15) is 35.1 Å². The smallest absolute Gasteiger partial charge is 0.0461 e. The minimum atomic E-state index is 0.933. The predicted molar refractivity (Wildman–Crippen MR) is 171 cm³/mol. The van der Waals surface area contributed by atoms with Crippen LogP contribution in [0.25, 0.3) is 11.4 Å².